The van der Waals surface area contributed by atoms with Crippen LogP contribution in [0.15, 0.2) is 65.6 Å². The number of anilines is 3. The molecule has 8 nitrogen and oxygen atoms in total. The summed E-state index contributed by atoms with van der Waals surface area (Å²) >= 11 is 5.98. The first-order valence-corrected chi connectivity index (χ1v) is 14.7. The number of amides is 1. The van der Waals surface area contributed by atoms with Crippen molar-refractivity contribution in [3.63, 3.8) is 0 Å². The van der Waals surface area contributed by atoms with E-state index in [1.165, 1.54) is 37.3 Å². The van der Waals surface area contributed by atoms with Gasteiger partial charge in [-0.3, -0.25) is 13.8 Å². The van der Waals surface area contributed by atoms with Gasteiger partial charge in [0.2, 0.25) is 15.9 Å². The first-order chi connectivity index (χ1) is 16.7. The third-order valence-corrected chi connectivity index (χ3v) is 8.28. The number of hydrogen-bond donors (Lipinski definition) is 2. The Morgan fingerprint density at radius 1 is 0.889 bits per heavy atom. The van der Waals surface area contributed by atoms with Gasteiger partial charge in [-0.2, -0.15) is 0 Å². The summed E-state index contributed by atoms with van der Waals surface area (Å²) in [5.41, 5.74) is 3.51. The monoisotopic (exact) mass is 549 g/mol. The van der Waals surface area contributed by atoms with Crippen LogP contribution in [0.3, 0.4) is 0 Å². The summed E-state index contributed by atoms with van der Waals surface area (Å²) in [6, 6.07) is 14.7. The number of aryl methyl sites for hydroxylation is 3. The molecule has 0 spiro atoms. The second-order valence-electron chi connectivity index (χ2n) is 8.66. The Morgan fingerprint density at radius 2 is 1.47 bits per heavy atom. The summed E-state index contributed by atoms with van der Waals surface area (Å²) in [7, 11) is -7.68. The number of halogens is 1. The molecule has 1 amide bonds. The number of nitrogens with one attached hydrogen (secondary N) is 2. The lowest BCUT2D eigenvalue weighted by Crippen LogP contribution is -2.45. The summed E-state index contributed by atoms with van der Waals surface area (Å²) in [5, 5.41) is 3.06. The molecule has 192 valence electrons. The van der Waals surface area contributed by atoms with Gasteiger partial charge >= 0.3 is 0 Å². The fourth-order valence-corrected chi connectivity index (χ4v) is 6.21. The van der Waals surface area contributed by atoms with Gasteiger partial charge in [-0.05, 0) is 92.9 Å². The minimum atomic E-state index is -3.90. The Morgan fingerprint density at radius 3 is 2.03 bits per heavy atom. The van der Waals surface area contributed by atoms with Crippen LogP contribution < -0.4 is 14.3 Å². The first kappa shape index (κ1) is 27.5. The van der Waals surface area contributed by atoms with Gasteiger partial charge in [-0.25, -0.2) is 16.8 Å². The van der Waals surface area contributed by atoms with Crippen molar-refractivity contribution < 1.29 is 21.6 Å². The van der Waals surface area contributed by atoms with E-state index in [9.17, 15) is 21.6 Å². The largest absolute Gasteiger partial charge is 0.324 e. The lowest BCUT2D eigenvalue weighted by Gasteiger charge is -2.28. The molecule has 0 saturated carbocycles. The number of sulfonamides is 2. The molecule has 1 atom stereocenters. The fourth-order valence-electron chi connectivity index (χ4n) is 3.76. The van der Waals surface area contributed by atoms with E-state index in [4.69, 9.17) is 11.6 Å². The highest BCUT2D eigenvalue weighted by Crippen LogP contribution is 2.26. The maximum Gasteiger partial charge on any atom is 0.261 e. The predicted molar refractivity (Wildman–Crippen MR) is 145 cm³/mol. The summed E-state index contributed by atoms with van der Waals surface area (Å²) in [4.78, 5) is 13.0. The molecular formula is C25H28ClN3O5S2. The lowest BCUT2D eigenvalue weighted by atomic mass is 10.1. The van der Waals surface area contributed by atoms with Gasteiger partial charge in [0, 0.05) is 10.7 Å². The van der Waals surface area contributed by atoms with Gasteiger partial charge in [0.25, 0.3) is 10.0 Å². The molecule has 3 aromatic carbocycles. The van der Waals surface area contributed by atoms with E-state index < -0.39 is 32.0 Å². The molecule has 36 heavy (non-hydrogen) atoms. The summed E-state index contributed by atoms with van der Waals surface area (Å²) in [6.45, 7) is 6.94. The standard InChI is InChI=1S/C25H28ClN3O5S2/c1-16-12-17(2)14-22(13-16)29(35(5,31)32)19(4)25(30)27-21-8-10-23(11-9-21)36(33,34)28-24-15-20(26)7-6-18(24)3/h6-15,19,28H,1-5H3,(H,27,30). The van der Waals surface area contributed by atoms with Crippen molar-refractivity contribution in [2.24, 2.45) is 0 Å². The number of carbonyl (C=O) groups is 1. The molecule has 0 bridgehead atoms. The van der Waals surface area contributed by atoms with E-state index in [1.54, 1.807) is 31.2 Å². The van der Waals surface area contributed by atoms with Crippen molar-refractivity contribution in [1.82, 2.24) is 0 Å². The summed E-state index contributed by atoms with van der Waals surface area (Å²) in [5.74, 6) is -0.567. The zero-order valence-electron chi connectivity index (χ0n) is 20.5. The molecule has 0 saturated heterocycles. The Hall–Kier alpha value is -3.08. The molecule has 2 N–H and O–H groups in total. The minimum Gasteiger partial charge on any atom is -0.324 e. The highest BCUT2D eigenvalue weighted by molar-refractivity contribution is 7.92. The number of nitrogens with zero attached hydrogens (tertiary/aromatic N) is 1. The zero-order valence-corrected chi connectivity index (χ0v) is 22.9. The predicted octanol–water partition coefficient (Wildman–Crippen LogP) is 4.86. The van der Waals surface area contributed by atoms with Crippen LogP contribution in [0.25, 0.3) is 0 Å². The first-order valence-electron chi connectivity index (χ1n) is 10.9. The van der Waals surface area contributed by atoms with Crippen LogP contribution in [0, 0.1) is 20.8 Å². The van der Waals surface area contributed by atoms with Crippen molar-refractivity contribution in [3.8, 4) is 0 Å². The van der Waals surface area contributed by atoms with Crippen LogP contribution in [-0.2, 0) is 24.8 Å². The van der Waals surface area contributed by atoms with Crippen molar-refractivity contribution in [2.45, 2.75) is 38.6 Å². The molecule has 0 aromatic heterocycles. The maximum atomic E-state index is 13.0. The number of carbonyl (C=O) groups excluding carboxylic acids is 1. The SMILES string of the molecule is Cc1cc(C)cc(N(C(C)C(=O)Nc2ccc(S(=O)(=O)Nc3cc(Cl)ccc3C)cc2)S(C)(=O)=O)c1. The third kappa shape index (κ3) is 6.57. The molecule has 3 aromatic rings. The van der Waals surface area contributed by atoms with Crippen LogP contribution in [0.5, 0.6) is 0 Å². The maximum absolute atomic E-state index is 13.0. The van der Waals surface area contributed by atoms with Gasteiger partial charge < -0.3 is 5.32 Å². The van der Waals surface area contributed by atoms with Crippen molar-refractivity contribution >= 4 is 54.6 Å². The topological polar surface area (TPSA) is 113 Å². The Labute approximate surface area is 217 Å². The second-order valence-corrected chi connectivity index (χ2v) is 12.6. The van der Waals surface area contributed by atoms with E-state index in [0.29, 0.717) is 27.6 Å². The van der Waals surface area contributed by atoms with Crippen LogP contribution in [0.2, 0.25) is 5.02 Å². The Balaban J connectivity index is 1.80. The van der Waals surface area contributed by atoms with Crippen molar-refractivity contribution in [3.05, 3.63) is 82.4 Å². The zero-order chi connectivity index (χ0) is 26.8. The molecule has 0 fully saturated rings. The highest BCUT2D eigenvalue weighted by atomic mass is 35.5. The minimum absolute atomic E-state index is 0.0130. The van der Waals surface area contributed by atoms with E-state index >= 15 is 0 Å². The highest BCUT2D eigenvalue weighted by Gasteiger charge is 2.29. The van der Waals surface area contributed by atoms with Gasteiger partial charge in [-0.1, -0.05) is 23.7 Å². The molecule has 1 unspecified atom stereocenters. The van der Waals surface area contributed by atoms with Gasteiger partial charge in [0.1, 0.15) is 6.04 Å². The molecule has 0 aliphatic carbocycles. The van der Waals surface area contributed by atoms with E-state index in [1.807, 2.05) is 19.9 Å². The molecule has 0 heterocycles. The number of hydrogen-bond acceptors (Lipinski definition) is 5. The Bertz CT molecular complexity index is 1480. The lowest BCUT2D eigenvalue weighted by molar-refractivity contribution is -0.116. The van der Waals surface area contributed by atoms with E-state index in [0.717, 1.165) is 21.7 Å². The number of benzene rings is 3. The average Bonchev–Trinajstić information content (AvgIpc) is 2.75. The number of rotatable bonds is 8. The fraction of sp³-hybridized carbons (Fsp3) is 0.240. The molecular weight excluding hydrogens is 522 g/mol. The van der Waals surface area contributed by atoms with Gasteiger partial charge in [0.15, 0.2) is 0 Å². The average molecular weight is 550 g/mol. The quantitative estimate of drug-likeness (QED) is 0.416. The smallest absolute Gasteiger partial charge is 0.261 e. The van der Waals surface area contributed by atoms with Crippen LogP contribution in [0.1, 0.15) is 23.6 Å². The van der Waals surface area contributed by atoms with Gasteiger partial charge in [-0.15, -0.1) is 0 Å². The van der Waals surface area contributed by atoms with Gasteiger partial charge in [0.05, 0.1) is 22.5 Å². The summed E-state index contributed by atoms with van der Waals surface area (Å²) < 4.78 is 54.3. The summed E-state index contributed by atoms with van der Waals surface area (Å²) in [6.07, 6.45) is 1.04. The molecule has 0 aliphatic heterocycles. The molecule has 0 radical (unpaired) electrons. The molecule has 3 rings (SSSR count). The molecule has 0 aliphatic rings. The van der Waals surface area contributed by atoms with Crippen LogP contribution in [-0.4, -0.2) is 35.0 Å². The Kier molecular flexibility index (Phi) is 8.02. The van der Waals surface area contributed by atoms with Crippen molar-refractivity contribution in [1.29, 1.82) is 0 Å². The van der Waals surface area contributed by atoms with Crippen LogP contribution in [0.4, 0.5) is 17.1 Å². The van der Waals surface area contributed by atoms with Crippen LogP contribution >= 0.6 is 11.6 Å². The van der Waals surface area contributed by atoms with Crippen molar-refractivity contribution in [2.75, 3.05) is 20.6 Å². The molecule has 11 heteroatoms. The third-order valence-electron chi connectivity index (χ3n) is 5.43. The normalized spacial score (nSPS) is 12.6. The van der Waals surface area contributed by atoms with E-state index in [2.05, 4.69) is 10.0 Å². The second kappa shape index (κ2) is 10.5. The van der Waals surface area contributed by atoms with E-state index in [-0.39, 0.29) is 4.90 Å².